The van der Waals surface area contributed by atoms with E-state index in [0.29, 0.717) is 4.48 Å². The number of quaternary nitrogens is 1. The molecule has 0 saturated carbocycles. The maximum atomic E-state index is 11.3. The van der Waals surface area contributed by atoms with E-state index in [1.165, 1.54) is 32.1 Å². The first-order chi connectivity index (χ1) is 8.61. The highest BCUT2D eigenvalue weighted by molar-refractivity contribution is 5.76. The van der Waals surface area contributed by atoms with Crippen molar-refractivity contribution in [3.63, 3.8) is 0 Å². The number of carboxylic acid groups (broad SMARTS) is 1. The van der Waals surface area contributed by atoms with Crippen LogP contribution < -0.4 is 0 Å². The minimum Gasteiger partial charge on any atom is -0.477 e. The molecule has 0 aliphatic heterocycles. The van der Waals surface area contributed by atoms with Gasteiger partial charge in [-0.3, -0.25) is 0 Å². The maximum absolute atomic E-state index is 11.3. The lowest BCUT2D eigenvalue weighted by Gasteiger charge is -2.41. The van der Waals surface area contributed by atoms with Crippen molar-refractivity contribution in [3.8, 4) is 0 Å². The second-order valence-electron chi connectivity index (χ2n) is 7.22. The fourth-order valence-electron chi connectivity index (χ4n) is 2.13. The minimum absolute atomic E-state index is 0.550. The van der Waals surface area contributed by atoms with Gasteiger partial charge in [0.15, 0.2) is 5.54 Å². The molecule has 3 nitrogen and oxygen atoms in total. The zero-order valence-corrected chi connectivity index (χ0v) is 13.8. The molecule has 0 bridgehead atoms. The molecule has 19 heavy (non-hydrogen) atoms. The van der Waals surface area contributed by atoms with Gasteiger partial charge in [-0.25, -0.2) is 4.79 Å². The molecule has 0 aromatic carbocycles. The summed E-state index contributed by atoms with van der Waals surface area (Å²) in [5.74, 6) is 0.0985. The van der Waals surface area contributed by atoms with Crippen LogP contribution in [0.5, 0.6) is 0 Å². The van der Waals surface area contributed by atoms with Crippen LogP contribution in [-0.4, -0.2) is 41.7 Å². The molecule has 0 aliphatic carbocycles. The molecule has 3 heteroatoms. The minimum atomic E-state index is -0.713. The van der Waals surface area contributed by atoms with Crippen LogP contribution in [0.4, 0.5) is 0 Å². The third kappa shape index (κ3) is 6.42. The number of carbonyl (C=O) groups is 1. The zero-order chi connectivity index (χ0) is 15.1. The number of hydrogen-bond donors (Lipinski definition) is 1. The van der Waals surface area contributed by atoms with Gasteiger partial charge in [-0.05, 0) is 18.8 Å². The van der Waals surface area contributed by atoms with Gasteiger partial charge >= 0.3 is 5.97 Å². The van der Waals surface area contributed by atoms with E-state index in [-0.39, 0.29) is 0 Å². The summed E-state index contributed by atoms with van der Waals surface area (Å²) in [6.45, 7) is 9.11. The molecule has 0 radical (unpaired) electrons. The Morgan fingerprint density at radius 2 is 1.53 bits per heavy atom. The van der Waals surface area contributed by atoms with Crippen LogP contribution in [0.1, 0.15) is 66.2 Å². The van der Waals surface area contributed by atoms with E-state index in [9.17, 15) is 9.90 Å². The zero-order valence-electron chi connectivity index (χ0n) is 13.8. The van der Waals surface area contributed by atoms with E-state index < -0.39 is 11.5 Å². The predicted octanol–water partition coefficient (Wildman–Crippen LogP) is 3.92. The summed E-state index contributed by atoms with van der Waals surface area (Å²) in [5, 5.41) is 9.29. The van der Waals surface area contributed by atoms with Gasteiger partial charge < -0.3 is 9.59 Å². The molecule has 0 amide bonds. The lowest BCUT2D eigenvalue weighted by molar-refractivity contribution is -0.928. The first-order valence-electron chi connectivity index (χ1n) is 7.67. The molecule has 0 saturated heterocycles. The molecule has 0 rings (SSSR count). The third-order valence-electron chi connectivity index (χ3n) is 4.54. The quantitative estimate of drug-likeness (QED) is 0.483. The average molecular weight is 272 g/mol. The lowest BCUT2D eigenvalue weighted by Crippen LogP contribution is -2.60. The van der Waals surface area contributed by atoms with E-state index in [4.69, 9.17) is 0 Å². The second kappa shape index (κ2) is 7.88. The molecule has 0 heterocycles. The van der Waals surface area contributed by atoms with Crippen molar-refractivity contribution in [1.29, 1.82) is 0 Å². The number of rotatable bonds is 10. The van der Waals surface area contributed by atoms with Crippen LogP contribution in [0.15, 0.2) is 0 Å². The van der Waals surface area contributed by atoms with Gasteiger partial charge in [0.2, 0.25) is 0 Å². The van der Waals surface area contributed by atoms with Gasteiger partial charge in [-0.1, -0.05) is 39.5 Å². The number of carboxylic acids is 1. The van der Waals surface area contributed by atoms with Crippen LogP contribution in [0.2, 0.25) is 0 Å². The molecule has 1 N–H and O–H groups in total. The van der Waals surface area contributed by atoms with Crippen LogP contribution >= 0.6 is 0 Å². The Kier molecular flexibility index (Phi) is 7.65. The highest BCUT2D eigenvalue weighted by Gasteiger charge is 2.43. The van der Waals surface area contributed by atoms with Gasteiger partial charge in [0.05, 0.1) is 20.6 Å². The summed E-state index contributed by atoms with van der Waals surface area (Å²) in [4.78, 5) is 11.3. The first kappa shape index (κ1) is 18.4. The van der Waals surface area contributed by atoms with E-state index in [2.05, 4.69) is 13.8 Å². The highest BCUT2D eigenvalue weighted by atomic mass is 16.4. The van der Waals surface area contributed by atoms with Gasteiger partial charge in [-0.2, -0.15) is 0 Å². The maximum Gasteiger partial charge on any atom is 0.365 e. The number of nitrogens with zero attached hydrogens (tertiary/aromatic N) is 1. The first-order valence-corrected chi connectivity index (χ1v) is 7.67. The molecule has 114 valence electrons. The summed E-state index contributed by atoms with van der Waals surface area (Å²) < 4.78 is 0.550. The molecule has 0 aliphatic rings. The van der Waals surface area contributed by atoms with Crippen molar-refractivity contribution in [3.05, 3.63) is 0 Å². The smallest absolute Gasteiger partial charge is 0.365 e. The second-order valence-corrected chi connectivity index (χ2v) is 7.22. The third-order valence-corrected chi connectivity index (χ3v) is 4.54. The van der Waals surface area contributed by atoms with Crippen LogP contribution in [0.25, 0.3) is 0 Å². The Hall–Kier alpha value is -0.570. The summed E-state index contributed by atoms with van der Waals surface area (Å²) in [6, 6.07) is 0. The number of likely N-dealkylation sites (N-methyl/N-ethyl adjacent to an activating group) is 1. The predicted molar refractivity (Wildman–Crippen MR) is 81.2 cm³/mol. The molecule has 0 aromatic rings. The van der Waals surface area contributed by atoms with Gasteiger partial charge in [-0.15, -0.1) is 0 Å². The lowest BCUT2D eigenvalue weighted by atomic mass is 9.99. The SMILES string of the molecule is CC(C)CCCCCCC[N+](C)(C)C(C)(C)C(=O)O. The molecule has 0 unspecified atom stereocenters. The Bertz CT molecular complexity index is 270. The van der Waals surface area contributed by atoms with Gasteiger partial charge in [0.1, 0.15) is 0 Å². The molecule has 0 atom stereocenters. The van der Waals surface area contributed by atoms with Gasteiger partial charge in [0, 0.05) is 13.8 Å². The molecule has 0 spiro atoms. The van der Waals surface area contributed by atoms with Crippen molar-refractivity contribution in [2.75, 3.05) is 20.6 Å². The Balaban J connectivity index is 3.85. The molecular formula is C16H34NO2+. The normalized spacial score (nSPS) is 13.0. The van der Waals surface area contributed by atoms with Crippen molar-refractivity contribution < 1.29 is 14.4 Å². The molecule has 0 fully saturated rings. The standard InChI is InChI=1S/C16H33NO2/c1-14(2)12-10-8-7-9-11-13-17(5,6)16(3,4)15(18)19/h14H,7-13H2,1-6H3/p+1. The number of aliphatic carboxylic acids is 1. The summed E-state index contributed by atoms with van der Waals surface area (Å²) in [7, 11) is 4.04. The monoisotopic (exact) mass is 272 g/mol. The Morgan fingerprint density at radius 1 is 1.05 bits per heavy atom. The van der Waals surface area contributed by atoms with Crippen molar-refractivity contribution in [2.45, 2.75) is 71.8 Å². The average Bonchev–Trinajstić information content (AvgIpc) is 2.26. The topological polar surface area (TPSA) is 37.3 Å². The van der Waals surface area contributed by atoms with E-state index in [1.807, 2.05) is 27.9 Å². The summed E-state index contributed by atoms with van der Waals surface area (Å²) in [5.41, 5.74) is -0.711. The highest BCUT2D eigenvalue weighted by Crippen LogP contribution is 2.22. The van der Waals surface area contributed by atoms with Gasteiger partial charge in [0.25, 0.3) is 0 Å². The number of unbranched alkanes of at least 4 members (excludes halogenated alkanes) is 4. The summed E-state index contributed by atoms with van der Waals surface area (Å²) in [6.07, 6.45) is 7.58. The van der Waals surface area contributed by atoms with Crippen molar-refractivity contribution >= 4 is 5.97 Å². The van der Waals surface area contributed by atoms with Crippen molar-refractivity contribution in [1.82, 2.24) is 0 Å². The van der Waals surface area contributed by atoms with E-state index in [0.717, 1.165) is 18.9 Å². The van der Waals surface area contributed by atoms with Crippen molar-refractivity contribution in [2.24, 2.45) is 5.92 Å². The molecular weight excluding hydrogens is 238 g/mol. The summed E-state index contributed by atoms with van der Waals surface area (Å²) >= 11 is 0. The largest absolute Gasteiger partial charge is 0.477 e. The van der Waals surface area contributed by atoms with E-state index >= 15 is 0 Å². The van der Waals surface area contributed by atoms with E-state index in [1.54, 1.807) is 0 Å². The Morgan fingerprint density at radius 3 is 2.00 bits per heavy atom. The Labute approximate surface area is 119 Å². The number of hydrogen-bond acceptors (Lipinski definition) is 1. The molecule has 0 aromatic heterocycles. The fourth-order valence-corrected chi connectivity index (χ4v) is 2.13. The fraction of sp³-hybridized carbons (Fsp3) is 0.938. The van der Waals surface area contributed by atoms with Crippen LogP contribution in [0, 0.1) is 5.92 Å². The van der Waals surface area contributed by atoms with Crippen LogP contribution in [0.3, 0.4) is 0 Å². The van der Waals surface area contributed by atoms with Crippen LogP contribution in [-0.2, 0) is 4.79 Å².